The Bertz CT molecular complexity index is 533. The summed E-state index contributed by atoms with van der Waals surface area (Å²) in [4.78, 5) is 25.6. The van der Waals surface area contributed by atoms with Gasteiger partial charge in [0, 0.05) is 22.2 Å². The molecule has 0 aliphatic carbocycles. The number of hydrogen-bond donors (Lipinski definition) is 0. The molecule has 0 saturated carbocycles. The van der Waals surface area contributed by atoms with Crippen LogP contribution in [0.3, 0.4) is 0 Å². The van der Waals surface area contributed by atoms with Gasteiger partial charge < -0.3 is 9.64 Å². The summed E-state index contributed by atoms with van der Waals surface area (Å²) in [5.41, 5.74) is 3.16. The maximum absolute atomic E-state index is 12.1. The molecule has 20 heavy (non-hydrogen) atoms. The molecule has 0 aromatic heterocycles. The average molecular weight is 387 g/mol. The van der Waals surface area contributed by atoms with Crippen LogP contribution in [-0.4, -0.2) is 25.0 Å². The molecule has 0 spiro atoms. The van der Waals surface area contributed by atoms with E-state index in [2.05, 4.69) is 22.6 Å². The number of aryl methyl sites for hydroxylation is 2. The predicted octanol–water partition coefficient (Wildman–Crippen LogP) is 2.82. The number of amides is 1. The third-order valence-corrected chi connectivity index (χ3v) is 5.18. The molecule has 1 aliphatic rings. The summed E-state index contributed by atoms with van der Waals surface area (Å²) < 4.78 is 6.21. The van der Waals surface area contributed by atoms with Crippen LogP contribution < -0.4 is 4.90 Å². The van der Waals surface area contributed by atoms with E-state index in [1.165, 1.54) is 3.57 Å². The van der Waals surface area contributed by atoms with Gasteiger partial charge in [0.2, 0.25) is 5.91 Å². The van der Waals surface area contributed by atoms with E-state index in [1.807, 2.05) is 26.0 Å². The van der Waals surface area contributed by atoms with Crippen molar-refractivity contribution in [3.8, 4) is 0 Å². The number of rotatable bonds is 3. The number of carbonyl (C=O) groups is 2. The standard InChI is InChI=1S/C15H18INO3/c1-4-20-15(19)11-7-13(18)17(8-11)12-5-9(2)14(16)10(3)6-12/h5-6,11H,4,7-8H2,1-3H3/t11-/m0/s1. The SMILES string of the molecule is CCOC(=O)[C@H]1CC(=O)N(c2cc(C)c(I)c(C)c2)C1. The molecule has 4 nitrogen and oxygen atoms in total. The van der Waals surface area contributed by atoms with E-state index >= 15 is 0 Å². The lowest BCUT2D eigenvalue weighted by Gasteiger charge is -2.18. The molecule has 0 N–H and O–H groups in total. The van der Waals surface area contributed by atoms with Crippen LogP contribution in [0.1, 0.15) is 24.5 Å². The first-order valence-corrected chi connectivity index (χ1v) is 7.75. The number of anilines is 1. The van der Waals surface area contributed by atoms with Crippen LogP contribution in [0.2, 0.25) is 0 Å². The summed E-state index contributed by atoms with van der Waals surface area (Å²) in [6.07, 6.45) is 0.239. The van der Waals surface area contributed by atoms with Gasteiger partial charge in [-0.1, -0.05) is 0 Å². The van der Waals surface area contributed by atoms with Crippen LogP contribution >= 0.6 is 22.6 Å². The lowest BCUT2D eigenvalue weighted by molar-refractivity contribution is -0.147. The van der Waals surface area contributed by atoms with Crippen molar-refractivity contribution in [1.82, 2.24) is 0 Å². The Morgan fingerprint density at radius 3 is 2.55 bits per heavy atom. The summed E-state index contributed by atoms with van der Waals surface area (Å²) in [7, 11) is 0. The topological polar surface area (TPSA) is 46.6 Å². The summed E-state index contributed by atoms with van der Waals surface area (Å²) in [5, 5.41) is 0. The fourth-order valence-corrected chi connectivity index (χ4v) is 2.77. The van der Waals surface area contributed by atoms with E-state index in [0.717, 1.165) is 16.8 Å². The van der Waals surface area contributed by atoms with Crippen molar-refractivity contribution in [3.05, 3.63) is 26.8 Å². The van der Waals surface area contributed by atoms with Crippen LogP contribution in [0.25, 0.3) is 0 Å². The predicted molar refractivity (Wildman–Crippen MR) is 85.7 cm³/mol. The van der Waals surface area contributed by atoms with Crippen molar-refractivity contribution >= 4 is 40.2 Å². The number of hydrogen-bond acceptors (Lipinski definition) is 3. The van der Waals surface area contributed by atoms with Gasteiger partial charge in [0.25, 0.3) is 0 Å². The number of halogens is 1. The van der Waals surface area contributed by atoms with Gasteiger partial charge >= 0.3 is 5.97 Å². The summed E-state index contributed by atoms with van der Waals surface area (Å²) in [6.45, 7) is 6.60. The first-order chi connectivity index (χ1) is 9.43. The number of esters is 1. The smallest absolute Gasteiger partial charge is 0.311 e. The monoisotopic (exact) mass is 387 g/mol. The van der Waals surface area contributed by atoms with Crippen molar-refractivity contribution in [2.75, 3.05) is 18.1 Å². The second-order valence-corrected chi connectivity index (χ2v) is 6.13. The van der Waals surface area contributed by atoms with Crippen LogP contribution in [0.15, 0.2) is 12.1 Å². The Morgan fingerprint density at radius 1 is 1.40 bits per heavy atom. The maximum atomic E-state index is 12.1. The van der Waals surface area contributed by atoms with Crippen molar-refractivity contribution in [1.29, 1.82) is 0 Å². The highest BCUT2D eigenvalue weighted by Gasteiger charge is 2.36. The lowest BCUT2D eigenvalue weighted by atomic mass is 10.1. The Kier molecular flexibility index (Phi) is 4.67. The van der Waals surface area contributed by atoms with Crippen molar-refractivity contribution in [2.45, 2.75) is 27.2 Å². The van der Waals surface area contributed by atoms with Gasteiger partial charge in [-0.05, 0) is 66.6 Å². The molecule has 1 aromatic rings. The minimum atomic E-state index is -0.345. The first-order valence-electron chi connectivity index (χ1n) is 6.67. The van der Waals surface area contributed by atoms with Gasteiger partial charge in [-0.2, -0.15) is 0 Å². The van der Waals surface area contributed by atoms with Crippen LogP contribution in [-0.2, 0) is 14.3 Å². The zero-order valence-corrected chi connectivity index (χ0v) is 14.1. The van der Waals surface area contributed by atoms with Crippen LogP contribution in [0.4, 0.5) is 5.69 Å². The number of carbonyl (C=O) groups excluding carboxylic acids is 2. The van der Waals surface area contributed by atoms with Gasteiger partial charge in [0.15, 0.2) is 0 Å². The lowest BCUT2D eigenvalue weighted by Crippen LogP contribution is -2.26. The highest BCUT2D eigenvalue weighted by molar-refractivity contribution is 14.1. The molecule has 1 aliphatic heterocycles. The fraction of sp³-hybridized carbons (Fsp3) is 0.467. The fourth-order valence-electron chi connectivity index (χ4n) is 2.45. The second-order valence-electron chi connectivity index (χ2n) is 5.05. The highest BCUT2D eigenvalue weighted by atomic mass is 127. The normalized spacial score (nSPS) is 18.5. The largest absolute Gasteiger partial charge is 0.466 e. The molecule has 1 heterocycles. The van der Waals surface area contributed by atoms with E-state index in [1.54, 1.807) is 11.8 Å². The van der Waals surface area contributed by atoms with E-state index in [0.29, 0.717) is 13.2 Å². The number of benzene rings is 1. The van der Waals surface area contributed by atoms with Gasteiger partial charge in [0.1, 0.15) is 0 Å². The molecule has 1 aromatic carbocycles. The Morgan fingerprint density at radius 2 is 2.00 bits per heavy atom. The molecule has 1 fully saturated rings. The first kappa shape index (κ1) is 15.3. The summed E-state index contributed by atoms with van der Waals surface area (Å²) in [5.74, 6) is -0.632. The zero-order chi connectivity index (χ0) is 14.9. The van der Waals surface area contributed by atoms with Gasteiger partial charge in [-0.15, -0.1) is 0 Å². The van der Waals surface area contributed by atoms with Crippen molar-refractivity contribution in [2.24, 2.45) is 5.92 Å². The van der Waals surface area contributed by atoms with E-state index < -0.39 is 0 Å². The molecular formula is C15H18INO3. The number of ether oxygens (including phenoxy) is 1. The van der Waals surface area contributed by atoms with Crippen molar-refractivity contribution in [3.63, 3.8) is 0 Å². The summed E-state index contributed by atoms with van der Waals surface area (Å²) in [6, 6.07) is 4.00. The molecule has 108 valence electrons. The third-order valence-electron chi connectivity index (χ3n) is 3.48. The molecule has 2 rings (SSSR count). The summed E-state index contributed by atoms with van der Waals surface area (Å²) >= 11 is 2.30. The Labute approximate surface area is 132 Å². The third kappa shape index (κ3) is 2.97. The molecule has 0 unspecified atom stereocenters. The van der Waals surface area contributed by atoms with Gasteiger partial charge in [0.05, 0.1) is 12.5 Å². The minimum Gasteiger partial charge on any atom is -0.466 e. The Hall–Kier alpha value is -1.11. The molecular weight excluding hydrogens is 369 g/mol. The van der Waals surface area contributed by atoms with Crippen LogP contribution in [0, 0.1) is 23.3 Å². The van der Waals surface area contributed by atoms with E-state index in [4.69, 9.17) is 4.74 Å². The molecule has 5 heteroatoms. The second kappa shape index (κ2) is 6.11. The Balaban J connectivity index is 2.22. The van der Waals surface area contributed by atoms with Crippen molar-refractivity contribution < 1.29 is 14.3 Å². The number of nitrogens with zero attached hydrogens (tertiary/aromatic N) is 1. The minimum absolute atomic E-state index is 0.0111. The maximum Gasteiger partial charge on any atom is 0.311 e. The highest BCUT2D eigenvalue weighted by Crippen LogP contribution is 2.29. The van der Waals surface area contributed by atoms with Gasteiger partial charge in [-0.3, -0.25) is 9.59 Å². The van der Waals surface area contributed by atoms with E-state index in [9.17, 15) is 9.59 Å². The molecule has 0 radical (unpaired) electrons. The quantitative estimate of drug-likeness (QED) is 0.592. The zero-order valence-electron chi connectivity index (χ0n) is 11.9. The average Bonchev–Trinajstić information content (AvgIpc) is 2.78. The molecule has 0 bridgehead atoms. The molecule has 1 amide bonds. The molecule has 1 saturated heterocycles. The van der Waals surface area contributed by atoms with E-state index in [-0.39, 0.29) is 24.2 Å². The molecule has 1 atom stereocenters. The van der Waals surface area contributed by atoms with Crippen LogP contribution in [0.5, 0.6) is 0 Å². The van der Waals surface area contributed by atoms with Gasteiger partial charge in [-0.25, -0.2) is 0 Å².